The maximum absolute atomic E-state index is 8.26. The Morgan fingerprint density at radius 3 is 2.82 bits per heavy atom. The molecule has 0 bridgehead atoms. The number of nitrogens with zero attached hydrogens (tertiary/aromatic N) is 2. The van der Waals surface area contributed by atoms with Crippen molar-refractivity contribution in [3.63, 3.8) is 0 Å². The van der Waals surface area contributed by atoms with Gasteiger partial charge in [-0.05, 0) is 69.4 Å². The summed E-state index contributed by atoms with van der Waals surface area (Å²) in [6.45, 7) is 0. The first kappa shape index (κ1) is 11.4. The van der Waals surface area contributed by atoms with Crippen molar-refractivity contribution in [2.75, 3.05) is 0 Å². The van der Waals surface area contributed by atoms with Gasteiger partial charge < -0.3 is 0 Å². The lowest BCUT2D eigenvalue weighted by molar-refractivity contribution is 1.00. The fourth-order valence-electron chi connectivity index (χ4n) is 1.84. The van der Waals surface area contributed by atoms with Gasteiger partial charge in [0.15, 0.2) is 0 Å². The van der Waals surface area contributed by atoms with Gasteiger partial charge in [0.05, 0.1) is 10.9 Å². The Morgan fingerprint density at radius 2 is 2.00 bits per heavy atom. The van der Waals surface area contributed by atoms with Crippen LogP contribution in [0.4, 0.5) is 0 Å². The molecule has 0 saturated heterocycles. The number of halogens is 2. The van der Waals surface area contributed by atoms with Crippen molar-refractivity contribution in [2.45, 2.75) is 0 Å². The van der Waals surface area contributed by atoms with Gasteiger partial charge >= 0.3 is 0 Å². The number of hydrogen-bond acceptors (Lipinski definition) is 2. The molecule has 2 aromatic heterocycles. The van der Waals surface area contributed by atoms with Crippen molar-refractivity contribution >= 4 is 61.7 Å². The Labute approximate surface area is 125 Å². The molecule has 0 aliphatic carbocycles. The van der Waals surface area contributed by atoms with Crippen molar-refractivity contribution in [2.24, 2.45) is 0 Å². The third-order valence-corrected chi connectivity index (χ3v) is 4.06. The number of hydrogen-bond donors (Lipinski definition) is 1. The second-order valence-corrected chi connectivity index (χ2v) is 6.08. The Morgan fingerprint density at radius 1 is 1.18 bits per heavy atom. The lowest BCUT2D eigenvalue weighted by Gasteiger charge is -2.06. The normalized spacial score (nSPS) is 11.2. The molecule has 1 N–H and O–H groups in total. The fraction of sp³-hybridized carbons (Fsp3) is 0. The van der Waals surface area contributed by atoms with Crippen molar-refractivity contribution in [3.8, 4) is 0 Å². The standard InChI is InChI=1S/C12H7I2N3/c13-7-5-8(14)11-9(6-7)16-10-3-1-2-4-17(10)12(11)15/h1-6,15H. The Bertz CT molecular complexity index is 793. The predicted molar refractivity (Wildman–Crippen MR) is 84.0 cm³/mol. The molecule has 3 aromatic rings. The second kappa shape index (κ2) is 4.20. The molecule has 0 fully saturated rings. The summed E-state index contributed by atoms with van der Waals surface area (Å²) in [5.41, 5.74) is 2.19. The largest absolute Gasteiger partial charge is 0.286 e. The van der Waals surface area contributed by atoms with E-state index in [9.17, 15) is 0 Å². The average molecular weight is 447 g/mol. The summed E-state index contributed by atoms with van der Waals surface area (Å²) in [6.07, 6.45) is 1.87. The van der Waals surface area contributed by atoms with Gasteiger partial charge in [0.1, 0.15) is 11.1 Å². The van der Waals surface area contributed by atoms with Crippen LogP contribution in [0.1, 0.15) is 0 Å². The van der Waals surface area contributed by atoms with E-state index in [1.165, 1.54) is 0 Å². The van der Waals surface area contributed by atoms with E-state index in [4.69, 9.17) is 5.41 Å². The summed E-state index contributed by atoms with van der Waals surface area (Å²) in [5, 5.41) is 9.17. The summed E-state index contributed by atoms with van der Waals surface area (Å²) < 4.78 is 4.02. The molecule has 2 heterocycles. The predicted octanol–water partition coefficient (Wildman–Crippen LogP) is 3.18. The summed E-state index contributed by atoms with van der Waals surface area (Å²) in [7, 11) is 0. The van der Waals surface area contributed by atoms with E-state index < -0.39 is 0 Å². The lowest BCUT2D eigenvalue weighted by atomic mass is 10.2. The fourth-order valence-corrected chi connectivity index (χ4v) is 3.91. The van der Waals surface area contributed by atoms with E-state index >= 15 is 0 Å². The minimum absolute atomic E-state index is 0.492. The van der Waals surface area contributed by atoms with Gasteiger partial charge in [0, 0.05) is 13.3 Å². The van der Waals surface area contributed by atoms with Gasteiger partial charge in [0.25, 0.3) is 0 Å². The molecule has 84 valence electrons. The second-order valence-electron chi connectivity index (χ2n) is 3.67. The van der Waals surface area contributed by atoms with Crippen LogP contribution < -0.4 is 5.49 Å². The minimum Gasteiger partial charge on any atom is -0.286 e. The highest BCUT2D eigenvalue weighted by Gasteiger charge is 2.07. The van der Waals surface area contributed by atoms with E-state index in [0.29, 0.717) is 5.49 Å². The molecule has 0 aliphatic heterocycles. The smallest absolute Gasteiger partial charge is 0.141 e. The van der Waals surface area contributed by atoms with Crippen LogP contribution in [0.2, 0.25) is 0 Å². The number of benzene rings is 1. The van der Waals surface area contributed by atoms with Crippen LogP contribution in [0.3, 0.4) is 0 Å². The SMILES string of the molecule is N=c1c2c(I)cc(I)cc2nc2ccccn12. The Balaban J connectivity index is 2.64. The first-order valence-electron chi connectivity index (χ1n) is 4.97. The topological polar surface area (TPSA) is 41.2 Å². The Kier molecular flexibility index (Phi) is 2.81. The third-order valence-electron chi connectivity index (χ3n) is 2.59. The van der Waals surface area contributed by atoms with Crippen LogP contribution in [-0.2, 0) is 0 Å². The zero-order valence-corrected chi connectivity index (χ0v) is 12.9. The molecule has 5 heteroatoms. The van der Waals surface area contributed by atoms with Crippen LogP contribution in [0.15, 0.2) is 36.5 Å². The summed E-state index contributed by atoms with van der Waals surface area (Å²) in [4.78, 5) is 4.59. The van der Waals surface area contributed by atoms with Gasteiger partial charge in [-0.2, -0.15) is 0 Å². The highest BCUT2D eigenvalue weighted by molar-refractivity contribution is 14.1. The van der Waals surface area contributed by atoms with Crippen molar-refractivity contribution in [1.29, 1.82) is 5.41 Å². The van der Waals surface area contributed by atoms with E-state index in [-0.39, 0.29) is 0 Å². The van der Waals surface area contributed by atoms with E-state index in [1.54, 1.807) is 4.40 Å². The van der Waals surface area contributed by atoms with Crippen LogP contribution in [-0.4, -0.2) is 9.38 Å². The molecule has 0 spiro atoms. The zero-order chi connectivity index (χ0) is 12.0. The highest BCUT2D eigenvalue weighted by atomic mass is 127. The molecule has 0 saturated carbocycles. The molecule has 3 rings (SSSR count). The molecule has 3 nitrogen and oxygen atoms in total. The molecule has 0 atom stereocenters. The van der Waals surface area contributed by atoms with Crippen molar-refractivity contribution in [3.05, 3.63) is 49.2 Å². The number of fused-ring (bicyclic) bond motifs is 2. The van der Waals surface area contributed by atoms with Crippen LogP contribution >= 0.6 is 45.2 Å². The monoisotopic (exact) mass is 447 g/mol. The molecular formula is C12H7I2N3. The highest BCUT2D eigenvalue weighted by Crippen LogP contribution is 2.20. The molecule has 0 radical (unpaired) electrons. The van der Waals surface area contributed by atoms with Crippen LogP contribution in [0.5, 0.6) is 0 Å². The number of rotatable bonds is 0. The van der Waals surface area contributed by atoms with Crippen LogP contribution in [0, 0.1) is 12.5 Å². The van der Waals surface area contributed by atoms with E-state index in [0.717, 1.165) is 23.7 Å². The summed E-state index contributed by atoms with van der Waals surface area (Å²) in [6, 6.07) is 9.86. The van der Waals surface area contributed by atoms with Gasteiger partial charge in [-0.1, -0.05) is 6.07 Å². The zero-order valence-electron chi connectivity index (χ0n) is 8.61. The number of nitrogens with one attached hydrogen (secondary N) is 1. The minimum atomic E-state index is 0.492. The van der Waals surface area contributed by atoms with E-state index in [1.807, 2.05) is 30.5 Å². The number of aromatic nitrogens is 2. The van der Waals surface area contributed by atoms with Gasteiger partial charge in [-0.15, -0.1) is 0 Å². The first-order chi connectivity index (χ1) is 8.16. The molecule has 0 unspecified atom stereocenters. The Hall–Kier alpha value is -0.700. The maximum atomic E-state index is 8.26. The third kappa shape index (κ3) is 1.85. The quantitative estimate of drug-likeness (QED) is 0.418. The van der Waals surface area contributed by atoms with Crippen molar-refractivity contribution in [1.82, 2.24) is 9.38 Å². The molecule has 0 aliphatic rings. The van der Waals surface area contributed by atoms with Crippen molar-refractivity contribution < 1.29 is 0 Å². The maximum Gasteiger partial charge on any atom is 0.141 e. The van der Waals surface area contributed by atoms with Gasteiger partial charge in [-0.3, -0.25) is 9.81 Å². The first-order valence-corrected chi connectivity index (χ1v) is 7.13. The average Bonchev–Trinajstić information content (AvgIpc) is 2.28. The molecule has 17 heavy (non-hydrogen) atoms. The summed E-state index contributed by atoms with van der Waals surface area (Å²) in [5.74, 6) is 0. The van der Waals surface area contributed by atoms with Gasteiger partial charge in [-0.25, -0.2) is 4.98 Å². The lowest BCUT2D eigenvalue weighted by Crippen LogP contribution is -2.16. The van der Waals surface area contributed by atoms with Crippen LogP contribution in [0.25, 0.3) is 16.6 Å². The molecule has 0 amide bonds. The molecular weight excluding hydrogens is 440 g/mol. The molecule has 1 aromatic carbocycles. The van der Waals surface area contributed by atoms with Gasteiger partial charge in [0.2, 0.25) is 0 Å². The van der Waals surface area contributed by atoms with E-state index in [2.05, 4.69) is 56.2 Å². The number of pyridine rings is 1. The summed E-state index contributed by atoms with van der Waals surface area (Å²) >= 11 is 4.54.